The number of alkyl halides is 3. The summed E-state index contributed by atoms with van der Waals surface area (Å²) >= 11 is 6.03. The number of anilines is 4. The van der Waals surface area contributed by atoms with Crippen LogP contribution in [-0.2, 0) is 15.1 Å². The lowest BCUT2D eigenvalue weighted by Gasteiger charge is -2.25. The molecule has 5 rings (SSSR count). The number of nitrogens with zero attached hydrogens (tertiary/aromatic N) is 3. The second kappa shape index (κ2) is 15.7. The molecule has 1 fully saturated rings. The number of ether oxygens (including phenoxy) is 1. The number of nitrogens with two attached hydrogens (primary N) is 1. The van der Waals surface area contributed by atoms with E-state index in [0.717, 1.165) is 18.4 Å². The Bertz CT molecular complexity index is 1990. The minimum absolute atomic E-state index is 0.00373. The number of primary amides is 1. The van der Waals surface area contributed by atoms with Crippen molar-refractivity contribution in [1.82, 2.24) is 25.6 Å². The number of benzene rings is 3. The smallest absolute Gasteiger partial charge is 0.422 e. The largest absolute Gasteiger partial charge is 0.454 e. The molecule has 0 radical (unpaired) electrons. The fourth-order valence-corrected chi connectivity index (χ4v) is 5.10. The van der Waals surface area contributed by atoms with E-state index in [2.05, 4.69) is 41.5 Å². The van der Waals surface area contributed by atoms with Gasteiger partial charge in [-0.3, -0.25) is 19.2 Å². The van der Waals surface area contributed by atoms with Gasteiger partial charge in [-0.1, -0.05) is 49.7 Å². The van der Waals surface area contributed by atoms with Crippen LogP contribution in [0.15, 0.2) is 72.8 Å². The molecule has 7 N–H and O–H groups in total. The van der Waals surface area contributed by atoms with Gasteiger partial charge >= 0.3 is 24.0 Å². The Labute approximate surface area is 306 Å². The molecule has 278 valence electrons. The van der Waals surface area contributed by atoms with Gasteiger partial charge in [-0.15, -0.1) is 0 Å². The van der Waals surface area contributed by atoms with Crippen molar-refractivity contribution in [3.8, 4) is 6.01 Å². The second-order valence-electron chi connectivity index (χ2n) is 13.0. The number of nitrogens with one attached hydrogen (secondary N) is 5. The molecule has 1 heterocycles. The van der Waals surface area contributed by atoms with Crippen LogP contribution in [0.4, 0.5) is 36.4 Å². The second-order valence-corrected chi connectivity index (χ2v) is 13.4. The molecule has 0 saturated heterocycles. The molecule has 1 aromatic heterocycles. The number of hydrogen-bond acceptors (Lipinski definition) is 10. The fourth-order valence-electron chi connectivity index (χ4n) is 4.98. The van der Waals surface area contributed by atoms with Gasteiger partial charge in [0.2, 0.25) is 11.9 Å². The van der Waals surface area contributed by atoms with E-state index in [9.17, 15) is 32.3 Å². The summed E-state index contributed by atoms with van der Waals surface area (Å²) in [5.41, 5.74) is 5.86. The first-order valence-corrected chi connectivity index (χ1v) is 16.5. The van der Waals surface area contributed by atoms with Crippen molar-refractivity contribution < 1.29 is 37.1 Å². The first-order chi connectivity index (χ1) is 25.0. The molecule has 0 spiro atoms. The molecule has 1 aliphatic carbocycles. The summed E-state index contributed by atoms with van der Waals surface area (Å²) in [5, 5.41) is 14.3. The molecule has 0 aliphatic heterocycles. The van der Waals surface area contributed by atoms with E-state index in [1.165, 1.54) is 24.3 Å². The van der Waals surface area contributed by atoms with E-state index < -0.39 is 53.4 Å². The Morgan fingerprint density at radius 2 is 1.49 bits per heavy atom. The topological polar surface area (TPSA) is 202 Å². The minimum Gasteiger partial charge on any atom is -0.454 e. The average Bonchev–Trinajstić information content (AvgIpc) is 3.89. The lowest BCUT2D eigenvalue weighted by atomic mass is 9.93. The third-order valence-corrected chi connectivity index (χ3v) is 8.23. The quantitative estimate of drug-likeness (QED) is 0.0960. The fraction of sp³-hybridized carbons (Fsp3) is 0.286. The molecule has 0 atom stereocenters. The van der Waals surface area contributed by atoms with Crippen LogP contribution in [0.25, 0.3) is 0 Å². The van der Waals surface area contributed by atoms with E-state index >= 15 is 0 Å². The molecule has 18 heteroatoms. The zero-order valence-electron chi connectivity index (χ0n) is 28.4. The molecule has 14 nitrogen and oxygen atoms in total. The SMILES string of the molecule is CC(C)(CNC(=O)C(=O)Nc1ccccc1C(N)=O)CNC(=O)c1ccc(Nc2nc(NC3(c4ccc(Cl)cc4)CC3)nc(OCC(F)(F)F)n2)cc1. The van der Waals surface area contributed by atoms with Crippen LogP contribution < -0.4 is 37.1 Å². The van der Waals surface area contributed by atoms with Gasteiger partial charge in [0.25, 0.3) is 11.8 Å². The van der Waals surface area contributed by atoms with Gasteiger partial charge in [0.1, 0.15) is 0 Å². The number of carbonyl (C=O) groups is 4. The lowest BCUT2D eigenvalue weighted by molar-refractivity contribution is -0.154. The Balaban J connectivity index is 1.17. The maximum Gasteiger partial charge on any atom is 0.422 e. The number of rotatable bonds is 14. The predicted molar refractivity (Wildman–Crippen MR) is 190 cm³/mol. The van der Waals surface area contributed by atoms with Gasteiger partial charge in [0, 0.05) is 29.4 Å². The van der Waals surface area contributed by atoms with Crippen molar-refractivity contribution in [3.05, 3.63) is 94.5 Å². The highest BCUT2D eigenvalue weighted by molar-refractivity contribution is 6.40. The molecule has 53 heavy (non-hydrogen) atoms. The molecule has 4 amide bonds. The van der Waals surface area contributed by atoms with Gasteiger partial charge in [0.15, 0.2) is 6.61 Å². The van der Waals surface area contributed by atoms with E-state index in [0.29, 0.717) is 10.7 Å². The van der Waals surface area contributed by atoms with E-state index in [1.807, 2.05) is 12.1 Å². The Morgan fingerprint density at radius 3 is 2.13 bits per heavy atom. The van der Waals surface area contributed by atoms with Crippen molar-refractivity contribution >= 4 is 58.5 Å². The average molecular weight is 754 g/mol. The number of hydrogen-bond donors (Lipinski definition) is 6. The summed E-state index contributed by atoms with van der Waals surface area (Å²) in [4.78, 5) is 61.7. The summed E-state index contributed by atoms with van der Waals surface area (Å²) < 4.78 is 43.6. The van der Waals surface area contributed by atoms with Gasteiger partial charge in [-0.2, -0.15) is 28.1 Å². The van der Waals surface area contributed by atoms with E-state index in [1.54, 1.807) is 50.2 Å². The number of halogens is 4. The van der Waals surface area contributed by atoms with Crippen molar-refractivity contribution in [2.75, 3.05) is 35.6 Å². The molecule has 1 aliphatic rings. The molecular formula is C35H35ClF3N9O5. The monoisotopic (exact) mass is 753 g/mol. The van der Waals surface area contributed by atoms with Gasteiger partial charge in [-0.05, 0) is 72.4 Å². The highest BCUT2D eigenvalue weighted by Crippen LogP contribution is 2.48. The number of amides is 4. The highest BCUT2D eigenvalue weighted by atomic mass is 35.5. The van der Waals surface area contributed by atoms with Crippen LogP contribution in [0.5, 0.6) is 6.01 Å². The molecular weight excluding hydrogens is 719 g/mol. The molecule has 4 aromatic rings. The summed E-state index contributed by atoms with van der Waals surface area (Å²) in [6.07, 6.45) is -3.17. The van der Waals surface area contributed by atoms with Gasteiger partial charge < -0.3 is 37.1 Å². The maximum absolute atomic E-state index is 12.9. The van der Waals surface area contributed by atoms with E-state index in [-0.39, 0.29) is 41.8 Å². The van der Waals surface area contributed by atoms with Crippen LogP contribution in [-0.4, -0.2) is 64.5 Å². The number of carbonyl (C=O) groups excluding carboxylic acids is 4. The third kappa shape index (κ3) is 10.8. The Morgan fingerprint density at radius 1 is 0.849 bits per heavy atom. The van der Waals surface area contributed by atoms with Crippen LogP contribution >= 0.6 is 11.6 Å². The van der Waals surface area contributed by atoms with Gasteiger partial charge in [0.05, 0.1) is 16.8 Å². The summed E-state index contributed by atoms with van der Waals surface area (Å²) in [6.45, 7) is 2.08. The molecule has 0 bridgehead atoms. The van der Waals surface area contributed by atoms with Crippen molar-refractivity contribution in [1.29, 1.82) is 0 Å². The highest BCUT2D eigenvalue weighted by Gasteiger charge is 2.45. The van der Waals surface area contributed by atoms with Gasteiger partial charge in [-0.25, -0.2) is 0 Å². The first-order valence-electron chi connectivity index (χ1n) is 16.1. The Hall–Kier alpha value is -5.97. The van der Waals surface area contributed by atoms with Crippen LogP contribution in [0.1, 0.15) is 53.0 Å². The third-order valence-electron chi connectivity index (χ3n) is 7.98. The molecule has 0 unspecified atom stereocenters. The molecule has 1 saturated carbocycles. The van der Waals surface area contributed by atoms with Crippen molar-refractivity contribution in [2.45, 2.75) is 38.4 Å². The van der Waals surface area contributed by atoms with Crippen LogP contribution in [0.2, 0.25) is 5.02 Å². The summed E-state index contributed by atoms with van der Waals surface area (Å²) in [7, 11) is 0. The van der Waals surface area contributed by atoms with Crippen LogP contribution in [0, 0.1) is 5.41 Å². The first kappa shape index (κ1) is 38.3. The summed E-state index contributed by atoms with van der Waals surface area (Å²) in [6, 6.07) is 18.8. The Kier molecular flexibility index (Phi) is 11.4. The number of para-hydroxylation sites is 1. The normalized spacial score (nSPS) is 13.3. The molecule has 3 aromatic carbocycles. The summed E-state index contributed by atoms with van der Waals surface area (Å²) in [5.74, 6) is -3.23. The number of aromatic nitrogens is 3. The van der Waals surface area contributed by atoms with Crippen molar-refractivity contribution in [3.63, 3.8) is 0 Å². The maximum atomic E-state index is 12.9. The standard InChI is InChI=1S/C35H35ClF3N9O5/c1-33(2,18-42-28(51)29(52)44-25-6-4-3-5-24(25)26(40)49)17-41-27(50)20-7-13-23(14-8-20)43-30-45-31(47-32(46-30)53-19-35(37,38)39)48-34(15-16-34)21-9-11-22(36)12-10-21/h3-14H,15-19H2,1-2H3,(H2,40,49)(H,41,50)(H,42,51)(H,44,52)(H2,43,45,46,47,48). The minimum atomic E-state index is -4.62. The zero-order valence-corrected chi connectivity index (χ0v) is 29.2. The van der Waals surface area contributed by atoms with E-state index in [4.69, 9.17) is 22.1 Å². The van der Waals surface area contributed by atoms with Crippen LogP contribution in [0.3, 0.4) is 0 Å². The zero-order chi connectivity index (χ0) is 38.4. The lowest BCUT2D eigenvalue weighted by Crippen LogP contribution is -2.45. The van der Waals surface area contributed by atoms with Crippen molar-refractivity contribution in [2.24, 2.45) is 11.1 Å². The predicted octanol–water partition coefficient (Wildman–Crippen LogP) is 4.92.